The van der Waals surface area contributed by atoms with E-state index in [1.807, 2.05) is 48.5 Å². The van der Waals surface area contributed by atoms with Crippen molar-refractivity contribution in [2.45, 2.75) is 25.4 Å². The van der Waals surface area contributed by atoms with E-state index in [-0.39, 0.29) is 5.56 Å². The minimum atomic E-state index is -0.953. The predicted octanol–water partition coefficient (Wildman–Crippen LogP) is 5.64. The summed E-state index contributed by atoms with van der Waals surface area (Å²) in [5, 5.41) is 11.0. The number of carboxylic acid groups (broad SMARTS) is 1. The molecule has 3 heterocycles. The van der Waals surface area contributed by atoms with Gasteiger partial charge in [0.1, 0.15) is 0 Å². The molecule has 0 bridgehead atoms. The minimum absolute atomic E-state index is 0.259. The third kappa shape index (κ3) is 4.78. The molecule has 0 aliphatic carbocycles. The number of aromatic nitrogens is 1. The number of H-pyrrole nitrogens is 1. The van der Waals surface area contributed by atoms with Crippen LogP contribution in [0.4, 0.5) is 0 Å². The average molecular weight is 508 g/mol. The molecule has 2 N–H and O–H groups in total. The smallest absolute Gasteiger partial charge is 0.336 e. The van der Waals surface area contributed by atoms with Gasteiger partial charge in [-0.1, -0.05) is 48.1 Å². The van der Waals surface area contributed by atoms with Crippen LogP contribution in [-0.2, 0) is 13.0 Å². The van der Waals surface area contributed by atoms with Crippen LogP contribution in [0.25, 0.3) is 22.0 Å². The number of nitrogens with one attached hydrogen (secondary N) is 1. The molecule has 6 rings (SSSR count). The summed E-state index contributed by atoms with van der Waals surface area (Å²) in [6, 6.07) is 20.5. The topological polar surface area (TPSA) is 59.6 Å². The molecule has 1 aromatic heterocycles. The Hall–Kier alpha value is -3.50. The number of nitrogens with zero attached hydrogens (tertiary/aromatic N) is 2. The van der Waals surface area contributed by atoms with Gasteiger partial charge in [0, 0.05) is 60.6 Å². The van der Waals surface area contributed by atoms with E-state index in [4.69, 9.17) is 0 Å². The Morgan fingerprint density at radius 2 is 1.97 bits per heavy atom. The zero-order chi connectivity index (χ0) is 25.4. The summed E-state index contributed by atoms with van der Waals surface area (Å²) >= 11 is 1.85. The molecule has 1 fully saturated rings. The summed E-state index contributed by atoms with van der Waals surface area (Å²) in [4.78, 5) is 18.0. The molecular formula is C31H29N3O2S. The van der Waals surface area contributed by atoms with Gasteiger partial charge in [0.05, 0.1) is 5.56 Å². The van der Waals surface area contributed by atoms with Crippen LogP contribution in [-0.4, -0.2) is 57.2 Å². The fraction of sp³-hybridized carbons (Fsp3) is 0.258. The number of carboxylic acids is 1. The van der Waals surface area contributed by atoms with Crippen molar-refractivity contribution >= 4 is 28.8 Å². The third-order valence-electron chi connectivity index (χ3n) is 7.63. The van der Waals surface area contributed by atoms with Crippen LogP contribution in [0.1, 0.15) is 39.0 Å². The molecule has 2 aliphatic rings. The lowest BCUT2D eigenvalue weighted by Crippen LogP contribution is -2.40. The second-order valence-electron chi connectivity index (χ2n) is 9.78. The minimum Gasteiger partial charge on any atom is -0.478 e. The summed E-state index contributed by atoms with van der Waals surface area (Å²) in [7, 11) is 0. The van der Waals surface area contributed by atoms with E-state index < -0.39 is 5.97 Å². The molecule has 186 valence electrons. The molecule has 2 aliphatic heterocycles. The van der Waals surface area contributed by atoms with E-state index in [2.05, 4.69) is 50.5 Å². The van der Waals surface area contributed by atoms with Crippen molar-refractivity contribution in [3.63, 3.8) is 0 Å². The Morgan fingerprint density at radius 1 is 1.05 bits per heavy atom. The van der Waals surface area contributed by atoms with E-state index >= 15 is 0 Å². The first-order valence-electron chi connectivity index (χ1n) is 12.7. The molecule has 1 unspecified atom stereocenters. The van der Waals surface area contributed by atoms with E-state index in [9.17, 15) is 9.90 Å². The molecule has 0 spiro atoms. The summed E-state index contributed by atoms with van der Waals surface area (Å²) in [6.45, 7) is 4.37. The van der Waals surface area contributed by atoms with E-state index in [1.165, 1.54) is 17.5 Å². The van der Waals surface area contributed by atoms with E-state index in [0.717, 1.165) is 54.6 Å². The van der Waals surface area contributed by atoms with Crippen LogP contribution in [0.5, 0.6) is 0 Å². The highest BCUT2D eigenvalue weighted by Gasteiger charge is 2.29. The summed E-state index contributed by atoms with van der Waals surface area (Å²) in [5.41, 5.74) is 7.18. The van der Waals surface area contributed by atoms with Crippen molar-refractivity contribution < 1.29 is 9.90 Å². The van der Waals surface area contributed by atoms with Gasteiger partial charge in [0.2, 0.25) is 0 Å². The highest BCUT2D eigenvalue weighted by Crippen LogP contribution is 2.31. The summed E-state index contributed by atoms with van der Waals surface area (Å²) < 4.78 is 2.46. The van der Waals surface area contributed by atoms with Crippen molar-refractivity contribution in [2.24, 2.45) is 0 Å². The molecule has 4 aromatic rings. The lowest BCUT2D eigenvalue weighted by Gasteiger charge is -2.33. The summed E-state index contributed by atoms with van der Waals surface area (Å²) in [5.74, 6) is 5.69. The standard InChI is InChI=1S/C31H29N3O2S/c1-37-34-16-13-27(20-34)33-15-12-22-7-5-21(17-26(22)19-33)6-8-24-3-2-4-28(31(35)36)30(24)25-10-9-23-11-14-32-29(23)18-25/h2-5,7,9-11,14,17-18,27,32H,12-13,15-16,19-20H2,1H3,(H,35,36). The number of hydrogen-bond acceptors (Lipinski definition) is 4. The quantitative estimate of drug-likeness (QED) is 0.276. The maximum atomic E-state index is 12.1. The van der Waals surface area contributed by atoms with Gasteiger partial charge in [-0.25, -0.2) is 9.10 Å². The second kappa shape index (κ2) is 10.1. The number of benzene rings is 3. The first kappa shape index (κ1) is 23.9. The molecule has 1 atom stereocenters. The molecule has 5 nitrogen and oxygen atoms in total. The fourth-order valence-electron chi connectivity index (χ4n) is 5.63. The molecule has 3 aromatic carbocycles. The van der Waals surface area contributed by atoms with Gasteiger partial charge in [0.15, 0.2) is 0 Å². The Morgan fingerprint density at radius 3 is 2.81 bits per heavy atom. The van der Waals surface area contributed by atoms with Crippen LogP contribution in [0, 0.1) is 11.8 Å². The molecular weight excluding hydrogens is 478 g/mol. The van der Waals surface area contributed by atoms with E-state index in [1.54, 1.807) is 12.1 Å². The number of carbonyl (C=O) groups is 1. The second-order valence-corrected chi connectivity index (χ2v) is 10.7. The summed E-state index contributed by atoms with van der Waals surface area (Å²) in [6.07, 6.45) is 6.35. The van der Waals surface area contributed by atoms with Crippen LogP contribution >= 0.6 is 11.9 Å². The van der Waals surface area contributed by atoms with Gasteiger partial charge >= 0.3 is 5.97 Å². The maximum absolute atomic E-state index is 12.1. The monoisotopic (exact) mass is 507 g/mol. The zero-order valence-electron chi connectivity index (χ0n) is 20.8. The zero-order valence-corrected chi connectivity index (χ0v) is 21.6. The van der Waals surface area contributed by atoms with E-state index in [0.29, 0.717) is 17.2 Å². The fourth-order valence-corrected chi connectivity index (χ4v) is 6.24. The van der Waals surface area contributed by atoms with Crippen LogP contribution in [0.3, 0.4) is 0 Å². The van der Waals surface area contributed by atoms with Crippen molar-refractivity contribution in [1.82, 2.24) is 14.2 Å². The third-order valence-corrected chi connectivity index (χ3v) is 8.48. The Bertz CT molecular complexity index is 1550. The predicted molar refractivity (Wildman–Crippen MR) is 151 cm³/mol. The van der Waals surface area contributed by atoms with Gasteiger partial charge in [-0.15, -0.1) is 0 Å². The van der Waals surface area contributed by atoms with Crippen molar-refractivity contribution in [1.29, 1.82) is 0 Å². The average Bonchev–Trinajstić information content (AvgIpc) is 3.60. The van der Waals surface area contributed by atoms with Gasteiger partial charge in [0.25, 0.3) is 0 Å². The SMILES string of the molecule is CSN1CCC(N2CCc3ccc(C#Cc4cccc(C(=O)O)c4-c4ccc5cc[nH]c5c4)cc3C2)C1. The maximum Gasteiger partial charge on any atom is 0.336 e. The highest BCUT2D eigenvalue weighted by molar-refractivity contribution is 7.96. The van der Waals surface area contributed by atoms with Crippen LogP contribution in [0.15, 0.2) is 66.9 Å². The normalized spacial score (nSPS) is 17.9. The lowest BCUT2D eigenvalue weighted by atomic mass is 9.93. The largest absolute Gasteiger partial charge is 0.478 e. The van der Waals surface area contributed by atoms with Gasteiger partial charge in [-0.05, 0) is 77.6 Å². The van der Waals surface area contributed by atoms with Crippen molar-refractivity contribution in [3.05, 3.63) is 94.7 Å². The number of hydrogen-bond donors (Lipinski definition) is 2. The Kier molecular flexibility index (Phi) is 6.52. The van der Waals surface area contributed by atoms with Crippen molar-refractivity contribution in [3.8, 4) is 23.0 Å². The molecule has 37 heavy (non-hydrogen) atoms. The number of fused-ring (bicyclic) bond motifs is 2. The van der Waals surface area contributed by atoms with Gasteiger partial charge in [-0.3, -0.25) is 4.90 Å². The molecule has 0 amide bonds. The molecule has 1 saturated heterocycles. The van der Waals surface area contributed by atoms with Crippen LogP contribution < -0.4 is 0 Å². The number of aromatic amines is 1. The first-order chi connectivity index (χ1) is 18.1. The van der Waals surface area contributed by atoms with Crippen LogP contribution in [0.2, 0.25) is 0 Å². The van der Waals surface area contributed by atoms with Gasteiger partial charge < -0.3 is 10.1 Å². The Labute approximate surface area is 221 Å². The molecule has 0 saturated carbocycles. The highest BCUT2D eigenvalue weighted by atomic mass is 32.2. The van der Waals surface area contributed by atoms with Gasteiger partial charge in [-0.2, -0.15) is 0 Å². The van der Waals surface area contributed by atoms with Crippen molar-refractivity contribution in [2.75, 3.05) is 25.9 Å². The lowest BCUT2D eigenvalue weighted by molar-refractivity contribution is 0.0697. The Balaban J connectivity index is 1.32. The molecule has 0 radical (unpaired) electrons. The molecule has 6 heteroatoms. The number of rotatable bonds is 4. The first-order valence-corrected chi connectivity index (χ1v) is 13.9. The number of aromatic carboxylic acids is 1.